The molecule has 0 aliphatic carbocycles. The van der Waals surface area contributed by atoms with Gasteiger partial charge in [-0.1, -0.05) is 32.0 Å². The number of hydrogen-bond acceptors (Lipinski definition) is 3. The zero-order valence-corrected chi connectivity index (χ0v) is 19.4. The topological polar surface area (TPSA) is 48.9 Å². The van der Waals surface area contributed by atoms with E-state index in [1.54, 1.807) is 7.05 Å². The van der Waals surface area contributed by atoms with Crippen LogP contribution in [0.5, 0.6) is 5.75 Å². The smallest absolute Gasteiger partial charge is 0.191 e. The van der Waals surface area contributed by atoms with Gasteiger partial charge < -0.3 is 20.3 Å². The summed E-state index contributed by atoms with van der Waals surface area (Å²) in [6.07, 6.45) is 2.33. The molecule has 1 aromatic rings. The zero-order chi connectivity index (χ0) is 18.5. The largest absolute Gasteiger partial charge is 0.491 e. The van der Waals surface area contributed by atoms with E-state index in [1.165, 1.54) is 6.42 Å². The molecule has 0 fully saturated rings. The number of rotatable bonds is 11. The van der Waals surface area contributed by atoms with Gasteiger partial charge in [-0.15, -0.1) is 24.0 Å². The molecule has 1 atom stereocenters. The van der Waals surface area contributed by atoms with E-state index < -0.39 is 0 Å². The molecule has 0 radical (unpaired) electrons. The van der Waals surface area contributed by atoms with Crippen LogP contribution in [0.3, 0.4) is 0 Å². The fourth-order valence-electron chi connectivity index (χ4n) is 2.71. The van der Waals surface area contributed by atoms with Gasteiger partial charge in [0.15, 0.2) is 5.96 Å². The molecule has 5 nitrogen and oxygen atoms in total. The summed E-state index contributed by atoms with van der Waals surface area (Å²) in [6, 6.07) is 8.48. The van der Waals surface area contributed by atoms with Crippen LogP contribution in [0.15, 0.2) is 29.3 Å². The summed E-state index contributed by atoms with van der Waals surface area (Å²) in [5.41, 5.74) is 1.16. The maximum atomic E-state index is 5.80. The maximum Gasteiger partial charge on any atom is 0.191 e. The number of halogens is 1. The SMILES string of the molecule is CCN(CC)CCCC(C)NC(=NC)NCCOc1ccccc1C.I. The molecule has 0 heterocycles. The summed E-state index contributed by atoms with van der Waals surface area (Å²) in [5, 5.41) is 6.77. The fraction of sp³-hybridized carbons (Fsp3) is 0.650. The molecular formula is C20H37IN4O. The van der Waals surface area contributed by atoms with Crippen molar-refractivity contribution in [3.05, 3.63) is 29.8 Å². The van der Waals surface area contributed by atoms with E-state index in [2.05, 4.69) is 54.3 Å². The van der Waals surface area contributed by atoms with Crippen LogP contribution >= 0.6 is 24.0 Å². The van der Waals surface area contributed by atoms with Gasteiger partial charge in [-0.05, 0) is 58.0 Å². The molecular weight excluding hydrogens is 439 g/mol. The van der Waals surface area contributed by atoms with Crippen LogP contribution in [-0.4, -0.2) is 56.7 Å². The summed E-state index contributed by atoms with van der Waals surface area (Å²) in [4.78, 5) is 6.76. The number of aryl methyl sites for hydroxylation is 1. The summed E-state index contributed by atoms with van der Waals surface area (Å²) >= 11 is 0. The third kappa shape index (κ3) is 10.2. The van der Waals surface area contributed by atoms with Gasteiger partial charge in [-0.2, -0.15) is 0 Å². The molecule has 1 unspecified atom stereocenters. The van der Waals surface area contributed by atoms with Crippen LogP contribution in [0.4, 0.5) is 0 Å². The summed E-state index contributed by atoms with van der Waals surface area (Å²) < 4.78 is 5.80. The molecule has 0 spiro atoms. The Morgan fingerprint density at radius 1 is 1.23 bits per heavy atom. The monoisotopic (exact) mass is 476 g/mol. The summed E-state index contributed by atoms with van der Waals surface area (Å²) in [7, 11) is 1.81. The van der Waals surface area contributed by atoms with E-state index in [4.69, 9.17) is 4.74 Å². The molecule has 0 bridgehead atoms. The van der Waals surface area contributed by atoms with Gasteiger partial charge >= 0.3 is 0 Å². The van der Waals surface area contributed by atoms with Crippen molar-refractivity contribution >= 4 is 29.9 Å². The summed E-state index contributed by atoms with van der Waals surface area (Å²) in [5.74, 6) is 1.78. The lowest BCUT2D eigenvalue weighted by molar-refractivity contribution is 0.292. The number of aliphatic imine (C=N–C) groups is 1. The zero-order valence-electron chi connectivity index (χ0n) is 17.0. The second kappa shape index (κ2) is 15.1. The lowest BCUT2D eigenvalue weighted by Gasteiger charge is -2.21. The molecule has 1 rings (SSSR count). The average Bonchev–Trinajstić information content (AvgIpc) is 2.62. The maximum absolute atomic E-state index is 5.80. The Morgan fingerprint density at radius 3 is 2.54 bits per heavy atom. The predicted molar refractivity (Wildman–Crippen MR) is 123 cm³/mol. The molecule has 0 saturated carbocycles. The molecule has 0 aliphatic heterocycles. The molecule has 1 aromatic carbocycles. The van der Waals surface area contributed by atoms with E-state index in [1.807, 2.05) is 18.2 Å². The first-order valence-corrected chi connectivity index (χ1v) is 9.48. The Balaban J connectivity index is 0.00000625. The third-order valence-electron chi connectivity index (χ3n) is 4.36. The van der Waals surface area contributed by atoms with Gasteiger partial charge in [0.05, 0.1) is 6.54 Å². The van der Waals surface area contributed by atoms with Gasteiger partial charge in [-0.25, -0.2) is 0 Å². The third-order valence-corrected chi connectivity index (χ3v) is 4.36. The van der Waals surface area contributed by atoms with Gasteiger partial charge in [0.25, 0.3) is 0 Å². The number of hydrogen-bond donors (Lipinski definition) is 2. The Kier molecular flexibility index (Phi) is 14.5. The van der Waals surface area contributed by atoms with Crippen LogP contribution in [0.1, 0.15) is 39.2 Å². The molecule has 0 aliphatic rings. The molecule has 150 valence electrons. The highest BCUT2D eigenvalue weighted by molar-refractivity contribution is 14.0. The van der Waals surface area contributed by atoms with Crippen LogP contribution in [-0.2, 0) is 0 Å². The first-order valence-electron chi connectivity index (χ1n) is 9.48. The fourth-order valence-corrected chi connectivity index (χ4v) is 2.71. The van der Waals surface area contributed by atoms with Crippen molar-refractivity contribution in [3.8, 4) is 5.75 Å². The quantitative estimate of drug-likeness (QED) is 0.222. The number of nitrogens with one attached hydrogen (secondary N) is 2. The summed E-state index contributed by atoms with van der Waals surface area (Å²) in [6.45, 7) is 13.5. The Morgan fingerprint density at radius 2 is 1.92 bits per heavy atom. The van der Waals surface area contributed by atoms with Crippen molar-refractivity contribution < 1.29 is 4.74 Å². The lowest BCUT2D eigenvalue weighted by atomic mass is 10.2. The van der Waals surface area contributed by atoms with Crippen LogP contribution < -0.4 is 15.4 Å². The van der Waals surface area contributed by atoms with E-state index in [-0.39, 0.29) is 24.0 Å². The van der Waals surface area contributed by atoms with Crippen molar-refractivity contribution in [2.45, 2.75) is 46.6 Å². The van der Waals surface area contributed by atoms with Crippen molar-refractivity contribution in [3.63, 3.8) is 0 Å². The van der Waals surface area contributed by atoms with Crippen LogP contribution in [0.2, 0.25) is 0 Å². The second-order valence-electron chi connectivity index (χ2n) is 6.33. The standard InChI is InChI=1S/C20H36N4O.HI/c1-6-24(7-2)15-10-12-18(4)23-20(21-5)22-14-16-25-19-13-9-8-11-17(19)3;/h8-9,11,13,18H,6-7,10,12,14-16H2,1-5H3,(H2,21,22,23);1H. The van der Waals surface area contributed by atoms with Gasteiger partial charge in [0.2, 0.25) is 0 Å². The minimum Gasteiger partial charge on any atom is -0.491 e. The lowest BCUT2D eigenvalue weighted by Crippen LogP contribution is -2.43. The van der Waals surface area contributed by atoms with E-state index in [0.717, 1.165) is 49.9 Å². The van der Waals surface area contributed by atoms with Crippen molar-refractivity contribution in [1.82, 2.24) is 15.5 Å². The number of ether oxygens (including phenoxy) is 1. The van der Waals surface area contributed by atoms with E-state index in [9.17, 15) is 0 Å². The molecule has 0 amide bonds. The number of nitrogens with zero attached hydrogens (tertiary/aromatic N) is 2. The van der Waals surface area contributed by atoms with Gasteiger partial charge in [-0.3, -0.25) is 4.99 Å². The van der Waals surface area contributed by atoms with Crippen molar-refractivity contribution in [1.29, 1.82) is 0 Å². The molecule has 0 saturated heterocycles. The highest BCUT2D eigenvalue weighted by atomic mass is 127. The first kappa shape index (κ1) is 25.0. The Hall–Kier alpha value is -1.02. The van der Waals surface area contributed by atoms with E-state index >= 15 is 0 Å². The molecule has 6 heteroatoms. The number of guanidine groups is 1. The van der Waals surface area contributed by atoms with E-state index in [0.29, 0.717) is 12.6 Å². The minimum absolute atomic E-state index is 0. The first-order chi connectivity index (χ1) is 12.1. The van der Waals surface area contributed by atoms with Crippen molar-refractivity contribution in [2.75, 3.05) is 39.8 Å². The Labute approximate surface area is 177 Å². The van der Waals surface area contributed by atoms with Gasteiger partial charge in [0.1, 0.15) is 12.4 Å². The van der Waals surface area contributed by atoms with Crippen LogP contribution in [0.25, 0.3) is 0 Å². The van der Waals surface area contributed by atoms with Crippen LogP contribution in [0, 0.1) is 6.92 Å². The molecule has 26 heavy (non-hydrogen) atoms. The highest BCUT2D eigenvalue weighted by Gasteiger charge is 2.06. The minimum atomic E-state index is 0. The number of para-hydroxylation sites is 1. The molecule has 0 aromatic heterocycles. The number of benzene rings is 1. The highest BCUT2D eigenvalue weighted by Crippen LogP contribution is 2.15. The average molecular weight is 476 g/mol. The normalized spacial score (nSPS) is 12.5. The van der Waals surface area contributed by atoms with Crippen molar-refractivity contribution in [2.24, 2.45) is 4.99 Å². The molecule has 2 N–H and O–H groups in total. The predicted octanol–water partition coefficient (Wildman–Crippen LogP) is 3.67. The second-order valence-corrected chi connectivity index (χ2v) is 6.33. The van der Waals surface area contributed by atoms with Gasteiger partial charge in [0, 0.05) is 13.1 Å². The Bertz CT molecular complexity index is 506.